The highest BCUT2D eigenvalue weighted by Gasteiger charge is 2.28. The zero-order valence-electron chi connectivity index (χ0n) is 13.3. The Labute approximate surface area is 139 Å². The molecule has 1 fully saturated rings. The Morgan fingerprint density at radius 2 is 1.96 bits per heavy atom. The van der Waals surface area contributed by atoms with Crippen LogP contribution < -0.4 is 5.32 Å². The average molecular weight is 319 g/mol. The molecule has 0 spiro atoms. The van der Waals surface area contributed by atoms with E-state index in [1.54, 1.807) is 6.07 Å². The van der Waals surface area contributed by atoms with E-state index in [9.17, 15) is 4.79 Å². The zero-order valence-corrected chi connectivity index (χ0v) is 13.3. The summed E-state index contributed by atoms with van der Waals surface area (Å²) in [4.78, 5) is 12.3. The van der Waals surface area contributed by atoms with Crippen molar-refractivity contribution in [2.24, 2.45) is 0 Å². The van der Waals surface area contributed by atoms with Gasteiger partial charge in [0.25, 0.3) is 5.91 Å². The second-order valence-electron chi connectivity index (χ2n) is 6.08. The third-order valence-electron chi connectivity index (χ3n) is 4.07. The summed E-state index contributed by atoms with van der Waals surface area (Å²) in [6.07, 6.45) is 2.26. The minimum atomic E-state index is -0.116. The Morgan fingerprint density at radius 3 is 2.67 bits per heavy atom. The largest absolute Gasteiger partial charge is 0.322 e. The Kier molecular flexibility index (Phi) is 3.57. The topological polar surface area (TPSA) is 72.7 Å². The van der Waals surface area contributed by atoms with Gasteiger partial charge < -0.3 is 5.32 Å². The number of nitrogens with zero attached hydrogens (tertiary/aromatic N) is 4. The van der Waals surface area contributed by atoms with E-state index in [0.717, 1.165) is 35.5 Å². The van der Waals surface area contributed by atoms with Gasteiger partial charge in [-0.1, -0.05) is 17.7 Å². The number of nitrogens with one attached hydrogen (secondary N) is 1. The van der Waals surface area contributed by atoms with Gasteiger partial charge in [0, 0.05) is 16.8 Å². The Balaban J connectivity index is 1.51. The molecule has 0 saturated heterocycles. The number of carbonyl (C=O) groups is 1. The summed E-state index contributed by atoms with van der Waals surface area (Å²) in [5.41, 5.74) is 3.40. The van der Waals surface area contributed by atoms with Gasteiger partial charge in [-0.2, -0.15) is 0 Å². The van der Waals surface area contributed by atoms with E-state index >= 15 is 0 Å². The van der Waals surface area contributed by atoms with E-state index in [4.69, 9.17) is 0 Å². The molecule has 1 amide bonds. The molecule has 120 valence electrons. The normalized spacial score (nSPS) is 13.7. The van der Waals surface area contributed by atoms with Gasteiger partial charge in [-0.15, -0.1) is 5.10 Å². The van der Waals surface area contributed by atoms with Gasteiger partial charge in [-0.25, -0.2) is 4.68 Å². The Morgan fingerprint density at radius 1 is 1.17 bits per heavy atom. The van der Waals surface area contributed by atoms with Crippen molar-refractivity contribution in [3.63, 3.8) is 0 Å². The van der Waals surface area contributed by atoms with Crippen molar-refractivity contribution in [3.05, 3.63) is 59.7 Å². The highest BCUT2D eigenvalue weighted by atomic mass is 16.1. The molecule has 1 saturated carbocycles. The number of tetrazole rings is 1. The Hall–Kier alpha value is -3.02. The fourth-order valence-corrected chi connectivity index (χ4v) is 2.64. The minimum absolute atomic E-state index is 0.116. The zero-order chi connectivity index (χ0) is 16.5. The molecule has 1 aromatic heterocycles. The number of hydrogen-bond donors (Lipinski definition) is 1. The maximum atomic E-state index is 12.3. The number of rotatable bonds is 4. The monoisotopic (exact) mass is 319 g/mol. The molecule has 2 aromatic carbocycles. The van der Waals surface area contributed by atoms with Crippen molar-refractivity contribution < 1.29 is 4.79 Å². The molecule has 0 aliphatic heterocycles. The van der Waals surface area contributed by atoms with Crippen LogP contribution in [0.15, 0.2) is 48.5 Å². The first-order chi connectivity index (χ1) is 11.7. The van der Waals surface area contributed by atoms with Crippen molar-refractivity contribution in [2.45, 2.75) is 25.8 Å². The average Bonchev–Trinajstić information content (AvgIpc) is 3.32. The standard InChI is InChI=1S/C18H17N5O/c1-12-3-2-4-14(11-12)18(24)19-15-7-5-13(6-8-15)17-20-21-22-23(17)16-9-10-16/h2-8,11,16H,9-10H2,1H3,(H,19,24). The van der Waals surface area contributed by atoms with Crippen molar-refractivity contribution in [2.75, 3.05) is 5.32 Å². The smallest absolute Gasteiger partial charge is 0.255 e. The van der Waals surface area contributed by atoms with Gasteiger partial charge in [-0.3, -0.25) is 4.79 Å². The number of aryl methyl sites for hydroxylation is 1. The molecule has 24 heavy (non-hydrogen) atoms. The molecule has 1 aliphatic carbocycles. The molecule has 6 nitrogen and oxygen atoms in total. The highest BCUT2D eigenvalue weighted by molar-refractivity contribution is 6.04. The molecule has 0 radical (unpaired) electrons. The summed E-state index contributed by atoms with van der Waals surface area (Å²) >= 11 is 0. The lowest BCUT2D eigenvalue weighted by molar-refractivity contribution is 0.102. The van der Waals surface area contributed by atoms with Crippen LogP contribution in [0.3, 0.4) is 0 Å². The maximum absolute atomic E-state index is 12.3. The van der Waals surface area contributed by atoms with Crippen LogP contribution in [0.1, 0.15) is 34.8 Å². The van der Waals surface area contributed by atoms with Gasteiger partial charge in [0.2, 0.25) is 0 Å². The van der Waals surface area contributed by atoms with Gasteiger partial charge >= 0.3 is 0 Å². The summed E-state index contributed by atoms with van der Waals surface area (Å²) in [5.74, 6) is 0.656. The van der Waals surface area contributed by atoms with Crippen LogP contribution in [0.5, 0.6) is 0 Å². The molecule has 1 N–H and O–H groups in total. The fraction of sp³-hybridized carbons (Fsp3) is 0.222. The summed E-state index contributed by atoms with van der Waals surface area (Å²) in [7, 11) is 0. The van der Waals surface area contributed by atoms with E-state index < -0.39 is 0 Å². The summed E-state index contributed by atoms with van der Waals surface area (Å²) in [6, 6.07) is 15.5. The minimum Gasteiger partial charge on any atom is -0.322 e. The molecule has 0 bridgehead atoms. The van der Waals surface area contributed by atoms with E-state index in [1.807, 2.05) is 54.1 Å². The Bertz CT molecular complexity index is 880. The lowest BCUT2D eigenvalue weighted by Crippen LogP contribution is -2.11. The first kappa shape index (κ1) is 14.6. The number of aromatic nitrogens is 4. The molecular formula is C18H17N5O. The van der Waals surface area contributed by atoms with E-state index in [-0.39, 0.29) is 5.91 Å². The molecule has 1 heterocycles. The third-order valence-corrected chi connectivity index (χ3v) is 4.07. The first-order valence-corrected chi connectivity index (χ1v) is 7.97. The quantitative estimate of drug-likeness (QED) is 0.801. The van der Waals surface area contributed by atoms with Gasteiger partial charge in [-0.05, 0) is 66.6 Å². The number of benzene rings is 2. The van der Waals surface area contributed by atoms with Crippen LogP contribution in [0.25, 0.3) is 11.4 Å². The predicted octanol–water partition coefficient (Wildman–Crippen LogP) is 3.24. The van der Waals surface area contributed by atoms with Crippen molar-refractivity contribution >= 4 is 11.6 Å². The molecule has 0 atom stereocenters. The lowest BCUT2D eigenvalue weighted by Gasteiger charge is -2.07. The maximum Gasteiger partial charge on any atom is 0.255 e. The van der Waals surface area contributed by atoms with Crippen LogP contribution >= 0.6 is 0 Å². The summed E-state index contributed by atoms with van der Waals surface area (Å²) < 4.78 is 1.88. The van der Waals surface area contributed by atoms with Crippen LogP contribution in [0.2, 0.25) is 0 Å². The number of amides is 1. The second-order valence-corrected chi connectivity index (χ2v) is 6.08. The predicted molar refractivity (Wildman–Crippen MR) is 90.7 cm³/mol. The van der Waals surface area contributed by atoms with Crippen molar-refractivity contribution in [1.82, 2.24) is 20.2 Å². The van der Waals surface area contributed by atoms with Crippen LogP contribution in [0.4, 0.5) is 5.69 Å². The summed E-state index contributed by atoms with van der Waals surface area (Å²) in [6.45, 7) is 1.97. The molecule has 0 unspecified atom stereocenters. The molecule has 4 rings (SSSR count). The first-order valence-electron chi connectivity index (χ1n) is 7.97. The number of hydrogen-bond acceptors (Lipinski definition) is 4. The molecular weight excluding hydrogens is 302 g/mol. The van der Waals surface area contributed by atoms with Gasteiger partial charge in [0.1, 0.15) is 0 Å². The lowest BCUT2D eigenvalue weighted by atomic mass is 10.1. The number of anilines is 1. The van der Waals surface area contributed by atoms with E-state index in [0.29, 0.717) is 11.6 Å². The van der Waals surface area contributed by atoms with E-state index in [1.165, 1.54) is 0 Å². The summed E-state index contributed by atoms with van der Waals surface area (Å²) in [5, 5.41) is 14.9. The van der Waals surface area contributed by atoms with Gasteiger partial charge in [0.05, 0.1) is 6.04 Å². The third kappa shape index (κ3) is 2.90. The van der Waals surface area contributed by atoms with Gasteiger partial charge in [0.15, 0.2) is 5.82 Å². The molecule has 3 aromatic rings. The van der Waals surface area contributed by atoms with Crippen molar-refractivity contribution in [3.8, 4) is 11.4 Å². The van der Waals surface area contributed by atoms with Crippen LogP contribution in [0, 0.1) is 6.92 Å². The molecule has 1 aliphatic rings. The second kappa shape index (κ2) is 5.88. The van der Waals surface area contributed by atoms with Crippen molar-refractivity contribution in [1.29, 1.82) is 0 Å². The van der Waals surface area contributed by atoms with Crippen LogP contribution in [-0.2, 0) is 0 Å². The fourth-order valence-electron chi connectivity index (χ4n) is 2.64. The highest BCUT2D eigenvalue weighted by Crippen LogP contribution is 2.36. The van der Waals surface area contributed by atoms with Crippen LogP contribution in [-0.4, -0.2) is 26.1 Å². The van der Waals surface area contributed by atoms with E-state index in [2.05, 4.69) is 20.8 Å². The number of carbonyl (C=O) groups excluding carboxylic acids is 1. The SMILES string of the molecule is Cc1cccc(C(=O)Nc2ccc(-c3nnnn3C3CC3)cc2)c1. The molecule has 6 heteroatoms.